The van der Waals surface area contributed by atoms with E-state index in [2.05, 4.69) is 249 Å². The topological polar surface area (TPSA) is 46.5 Å². The van der Waals surface area contributed by atoms with Gasteiger partial charge in [-0.2, -0.15) is 5.26 Å². The standard InChI is InChI=1S/C72H62N4/c1-40-25-44(5)68(45(6)26-40)54-13-17-58-59-18-14-55(69-46(7)27-41(2)28-47(69)8)36-63(59)75(62(58)35-54)66-33-52(39-73)34-67(72(66)53-21-23-74-24-22-53)76-64-37-56(70-48(9)29-42(3)30-49(70)10)15-19-60(64)61-20-16-57(38-65(61)76)71-50(11)31-43(4)32-51(71)12/h13-38H,1-12H3. The van der Waals surface area contributed by atoms with Gasteiger partial charge in [-0.25, -0.2) is 0 Å². The third-order valence-corrected chi connectivity index (χ3v) is 16.1. The van der Waals surface area contributed by atoms with Gasteiger partial charge in [0.2, 0.25) is 0 Å². The minimum atomic E-state index is 0.568. The zero-order valence-corrected chi connectivity index (χ0v) is 45.8. The molecule has 12 rings (SSSR count). The summed E-state index contributed by atoms with van der Waals surface area (Å²) in [6, 6.07) is 57.4. The number of hydrogen-bond donors (Lipinski definition) is 0. The van der Waals surface area contributed by atoms with Crippen molar-refractivity contribution >= 4 is 43.6 Å². The molecule has 9 aromatic carbocycles. The van der Waals surface area contributed by atoms with Crippen molar-refractivity contribution in [3.63, 3.8) is 0 Å². The zero-order chi connectivity index (χ0) is 53.0. The van der Waals surface area contributed by atoms with Crippen LogP contribution >= 0.6 is 0 Å². The smallest absolute Gasteiger partial charge is 0.0993 e. The van der Waals surface area contributed by atoms with Gasteiger partial charge in [0.1, 0.15) is 0 Å². The maximum atomic E-state index is 11.4. The summed E-state index contributed by atoms with van der Waals surface area (Å²) in [6.07, 6.45) is 3.78. The van der Waals surface area contributed by atoms with Crippen LogP contribution in [0.1, 0.15) is 72.3 Å². The van der Waals surface area contributed by atoms with Crippen molar-refractivity contribution in [3.05, 3.63) is 230 Å². The summed E-state index contributed by atoms with van der Waals surface area (Å²) in [5, 5.41) is 16.0. The van der Waals surface area contributed by atoms with Crippen molar-refractivity contribution in [1.29, 1.82) is 5.26 Å². The molecule has 4 nitrogen and oxygen atoms in total. The van der Waals surface area contributed by atoms with Gasteiger partial charge >= 0.3 is 0 Å². The van der Waals surface area contributed by atoms with Gasteiger partial charge < -0.3 is 9.13 Å². The molecule has 3 aromatic heterocycles. The minimum Gasteiger partial charge on any atom is -0.308 e. The molecule has 0 fully saturated rings. The average molecular weight is 983 g/mol. The summed E-state index contributed by atoms with van der Waals surface area (Å²) >= 11 is 0. The number of aromatic nitrogens is 3. The fourth-order valence-electron chi connectivity index (χ4n) is 13.6. The largest absolute Gasteiger partial charge is 0.308 e. The molecule has 0 bridgehead atoms. The van der Waals surface area contributed by atoms with Gasteiger partial charge in [-0.1, -0.05) is 119 Å². The van der Waals surface area contributed by atoms with Crippen LogP contribution in [-0.4, -0.2) is 14.1 Å². The molecular weight excluding hydrogens is 921 g/mol. The van der Waals surface area contributed by atoms with Crippen LogP contribution in [0.4, 0.5) is 0 Å². The van der Waals surface area contributed by atoms with E-state index in [9.17, 15) is 5.26 Å². The van der Waals surface area contributed by atoms with Crippen LogP contribution in [0.3, 0.4) is 0 Å². The van der Waals surface area contributed by atoms with Crippen LogP contribution in [0.15, 0.2) is 158 Å². The SMILES string of the molecule is Cc1cc(C)c(-c2ccc3c4ccc(-c5c(C)cc(C)cc5C)cc4n(-c4cc(C#N)cc(-n5c6cc(-c7c(C)cc(C)cc7C)ccc6c6ccc(-c7c(C)cc(C)cc7C)cc65)c4-c4ccncc4)c3c2)c(C)c1. The van der Waals surface area contributed by atoms with Gasteiger partial charge in [0.05, 0.1) is 45.1 Å². The van der Waals surface area contributed by atoms with Crippen LogP contribution in [0.25, 0.3) is 111 Å². The van der Waals surface area contributed by atoms with E-state index in [4.69, 9.17) is 0 Å². The third kappa shape index (κ3) is 7.84. The first-order valence-electron chi connectivity index (χ1n) is 26.6. The van der Waals surface area contributed by atoms with E-state index in [-0.39, 0.29) is 0 Å². The molecule has 0 aliphatic rings. The van der Waals surface area contributed by atoms with Crippen molar-refractivity contribution in [2.24, 2.45) is 0 Å². The fraction of sp³-hybridized carbons (Fsp3) is 0.167. The molecule has 0 unspecified atom stereocenters. The zero-order valence-electron chi connectivity index (χ0n) is 45.8. The molecule has 0 saturated carbocycles. The van der Waals surface area contributed by atoms with Gasteiger partial charge in [-0.3, -0.25) is 4.98 Å². The summed E-state index contributed by atoms with van der Waals surface area (Å²) < 4.78 is 4.91. The molecule has 370 valence electrons. The molecule has 3 heterocycles. The average Bonchev–Trinajstić information content (AvgIpc) is 4.01. The highest BCUT2D eigenvalue weighted by Crippen LogP contribution is 2.46. The van der Waals surface area contributed by atoms with E-state index in [1.54, 1.807) is 0 Å². The fourth-order valence-corrected chi connectivity index (χ4v) is 13.6. The molecule has 0 N–H and O–H groups in total. The first-order valence-corrected chi connectivity index (χ1v) is 26.6. The van der Waals surface area contributed by atoms with Crippen LogP contribution in [-0.2, 0) is 0 Å². The number of benzene rings is 9. The van der Waals surface area contributed by atoms with Crippen molar-refractivity contribution < 1.29 is 0 Å². The van der Waals surface area contributed by atoms with Gasteiger partial charge in [0, 0.05) is 39.5 Å². The van der Waals surface area contributed by atoms with Crippen LogP contribution in [0.2, 0.25) is 0 Å². The molecule has 0 saturated heterocycles. The monoisotopic (exact) mass is 982 g/mol. The number of hydrogen-bond acceptors (Lipinski definition) is 2. The molecule has 0 spiro atoms. The van der Waals surface area contributed by atoms with Gasteiger partial charge in [-0.05, 0) is 226 Å². The Labute approximate surface area is 447 Å². The molecule has 0 amide bonds. The summed E-state index contributed by atoms with van der Waals surface area (Å²) in [5.74, 6) is 0. The third-order valence-electron chi connectivity index (χ3n) is 16.1. The van der Waals surface area contributed by atoms with Crippen molar-refractivity contribution in [1.82, 2.24) is 14.1 Å². The lowest BCUT2D eigenvalue weighted by molar-refractivity contribution is 1.13. The van der Waals surface area contributed by atoms with E-state index in [1.807, 2.05) is 12.4 Å². The second-order valence-electron chi connectivity index (χ2n) is 21.9. The predicted octanol–water partition coefficient (Wildman–Crippen LogP) is 19.2. The molecular formula is C72H62N4. The Morgan fingerprint density at radius 2 is 0.566 bits per heavy atom. The van der Waals surface area contributed by atoms with Gasteiger partial charge in [0.25, 0.3) is 0 Å². The Morgan fingerprint density at radius 3 is 0.816 bits per heavy atom. The Morgan fingerprint density at radius 1 is 0.303 bits per heavy atom. The maximum Gasteiger partial charge on any atom is 0.0993 e. The predicted molar refractivity (Wildman–Crippen MR) is 322 cm³/mol. The van der Waals surface area contributed by atoms with E-state index in [0.717, 1.165) is 88.4 Å². The quantitative estimate of drug-likeness (QED) is 0.160. The highest BCUT2D eigenvalue weighted by molar-refractivity contribution is 6.14. The lowest BCUT2D eigenvalue weighted by Crippen LogP contribution is -2.05. The van der Waals surface area contributed by atoms with Crippen molar-refractivity contribution in [2.45, 2.75) is 83.1 Å². The van der Waals surface area contributed by atoms with E-state index in [0.29, 0.717) is 5.56 Å². The number of nitriles is 1. The number of pyridine rings is 1. The molecule has 76 heavy (non-hydrogen) atoms. The molecule has 0 radical (unpaired) electrons. The summed E-state index contributed by atoms with van der Waals surface area (Å²) in [5.41, 5.74) is 33.3. The minimum absolute atomic E-state index is 0.568. The maximum absolute atomic E-state index is 11.4. The van der Waals surface area contributed by atoms with E-state index >= 15 is 0 Å². The molecule has 12 aromatic rings. The number of nitrogens with zero attached hydrogens (tertiary/aromatic N) is 4. The molecule has 4 heteroatoms. The summed E-state index contributed by atoms with van der Waals surface area (Å²) in [6.45, 7) is 26.5. The lowest BCUT2D eigenvalue weighted by atomic mass is 9.92. The van der Waals surface area contributed by atoms with E-state index in [1.165, 1.54) is 89.0 Å². The highest BCUT2D eigenvalue weighted by Gasteiger charge is 2.26. The Bertz CT molecular complexity index is 3890. The first kappa shape index (κ1) is 48.2. The van der Waals surface area contributed by atoms with Crippen LogP contribution < -0.4 is 0 Å². The second-order valence-corrected chi connectivity index (χ2v) is 21.9. The molecule has 0 aliphatic carbocycles. The van der Waals surface area contributed by atoms with E-state index < -0.39 is 0 Å². The summed E-state index contributed by atoms with van der Waals surface area (Å²) in [4.78, 5) is 4.59. The van der Waals surface area contributed by atoms with Crippen molar-refractivity contribution in [2.75, 3.05) is 0 Å². The van der Waals surface area contributed by atoms with Gasteiger partial charge in [-0.15, -0.1) is 0 Å². The van der Waals surface area contributed by atoms with Crippen LogP contribution in [0, 0.1) is 94.4 Å². The Balaban J connectivity index is 1.26. The van der Waals surface area contributed by atoms with Crippen LogP contribution in [0.5, 0.6) is 0 Å². The number of aryl methyl sites for hydroxylation is 12. The highest BCUT2D eigenvalue weighted by atomic mass is 15.0. The first-order chi connectivity index (χ1) is 36.6. The number of rotatable bonds is 7. The number of fused-ring (bicyclic) bond motifs is 6. The van der Waals surface area contributed by atoms with Gasteiger partial charge in [0.15, 0.2) is 0 Å². The normalized spacial score (nSPS) is 11.7. The Kier molecular flexibility index (Phi) is 11.6. The summed E-state index contributed by atoms with van der Waals surface area (Å²) in [7, 11) is 0. The second kappa shape index (κ2) is 18.3. The molecule has 0 aliphatic heterocycles. The lowest BCUT2D eigenvalue weighted by Gasteiger charge is -2.22. The Hall–Kier alpha value is -8.78. The van der Waals surface area contributed by atoms with Crippen molar-refractivity contribution in [3.8, 4) is 73.1 Å². The molecule has 0 atom stereocenters.